The van der Waals surface area contributed by atoms with Crippen LogP contribution >= 0.6 is 0 Å². The Hall–Kier alpha value is -2.69. The quantitative estimate of drug-likeness (QED) is 0.749. The monoisotopic (exact) mass is 447 g/mol. The molecule has 1 aromatic heterocycles. The first-order valence-corrected chi connectivity index (χ1v) is 11.7. The van der Waals surface area contributed by atoms with Crippen LogP contribution in [-0.2, 0) is 19.6 Å². The molecule has 0 saturated carbocycles. The van der Waals surface area contributed by atoms with Crippen LogP contribution in [0, 0.1) is 5.92 Å². The largest absolute Gasteiger partial charge is 0.459 e. The van der Waals surface area contributed by atoms with Gasteiger partial charge in [-0.25, -0.2) is 8.42 Å². The number of morpholine rings is 1. The number of hydrogen-bond donors (Lipinski definition) is 1. The first-order valence-electron chi connectivity index (χ1n) is 10.3. The normalized spacial score (nSPS) is 18.6. The van der Waals surface area contributed by atoms with E-state index in [2.05, 4.69) is 5.32 Å². The lowest BCUT2D eigenvalue weighted by molar-refractivity contribution is -0.121. The Labute approximate surface area is 181 Å². The first-order chi connectivity index (χ1) is 14.9. The van der Waals surface area contributed by atoms with Crippen LogP contribution in [0.15, 0.2) is 52.0 Å². The summed E-state index contributed by atoms with van der Waals surface area (Å²) in [7, 11) is -3.63. The van der Waals surface area contributed by atoms with Gasteiger partial charge in [0.2, 0.25) is 15.9 Å². The molecule has 166 valence electrons. The number of sulfonamides is 1. The standard InChI is InChI=1S/C21H25N3O6S/c25-20(16-6-8-23(9-7-16)21(26)19-5-2-12-30-19)22-17-3-1-4-18(15-17)31(27,28)24-10-13-29-14-11-24/h1-5,12,15-16H,6-11,13-14H2,(H,22,25). The van der Waals surface area contributed by atoms with Crippen LogP contribution in [-0.4, -0.2) is 68.8 Å². The number of ether oxygens (including phenoxy) is 1. The highest BCUT2D eigenvalue weighted by Gasteiger charge is 2.30. The van der Waals surface area contributed by atoms with Crippen LogP contribution in [0.3, 0.4) is 0 Å². The van der Waals surface area contributed by atoms with Crippen molar-refractivity contribution in [3.63, 3.8) is 0 Å². The molecule has 4 rings (SSSR count). The predicted molar refractivity (Wildman–Crippen MR) is 112 cm³/mol. The number of nitrogens with zero attached hydrogens (tertiary/aromatic N) is 2. The maximum Gasteiger partial charge on any atom is 0.289 e. The second kappa shape index (κ2) is 9.21. The van der Waals surface area contributed by atoms with Gasteiger partial charge >= 0.3 is 0 Å². The van der Waals surface area contributed by atoms with Gasteiger partial charge in [0, 0.05) is 37.8 Å². The Balaban J connectivity index is 1.36. The third-order valence-corrected chi connectivity index (χ3v) is 7.49. The highest BCUT2D eigenvalue weighted by molar-refractivity contribution is 7.89. The van der Waals surface area contributed by atoms with E-state index in [0.717, 1.165) is 0 Å². The van der Waals surface area contributed by atoms with E-state index in [-0.39, 0.29) is 22.6 Å². The first kappa shape index (κ1) is 21.5. The van der Waals surface area contributed by atoms with Crippen molar-refractivity contribution >= 4 is 27.5 Å². The molecule has 1 N–H and O–H groups in total. The van der Waals surface area contributed by atoms with E-state index in [1.165, 1.54) is 22.7 Å². The van der Waals surface area contributed by atoms with Crippen LogP contribution in [0.1, 0.15) is 23.4 Å². The summed E-state index contributed by atoms with van der Waals surface area (Å²) in [5, 5.41) is 2.83. The van der Waals surface area contributed by atoms with Crippen molar-refractivity contribution in [1.82, 2.24) is 9.21 Å². The number of anilines is 1. The highest BCUT2D eigenvalue weighted by atomic mass is 32.2. The molecular formula is C21H25N3O6S. The van der Waals surface area contributed by atoms with Crippen molar-refractivity contribution in [2.45, 2.75) is 17.7 Å². The van der Waals surface area contributed by atoms with E-state index in [1.807, 2.05) is 0 Å². The van der Waals surface area contributed by atoms with Gasteiger partial charge in [-0.2, -0.15) is 4.31 Å². The van der Waals surface area contributed by atoms with E-state index in [9.17, 15) is 18.0 Å². The van der Waals surface area contributed by atoms with Gasteiger partial charge in [-0.1, -0.05) is 6.07 Å². The lowest BCUT2D eigenvalue weighted by Gasteiger charge is -2.30. The van der Waals surface area contributed by atoms with Gasteiger partial charge in [-0.15, -0.1) is 0 Å². The Morgan fingerprint density at radius 1 is 1.00 bits per heavy atom. The molecule has 2 aromatic rings. The fourth-order valence-electron chi connectivity index (χ4n) is 3.82. The van der Waals surface area contributed by atoms with E-state index >= 15 is 0 Å². The number of rotatable bonds is 5. The van der Waals surface area contributed by atoms with E-state index in [4.69, 9.17) is 9.15 Å². The van der Waals surface area contributed by atoms with Gasteiger partial charge in [0.15, 0.2) is 5.76 Å². The number of carbonyl (C=O) groups excluding carboxylic acids is 2. The molecule has 0 spiro atoms. The molecule has 0 bridgehead atoms. The van der Waals surface area contributed by atoms with Gasteiger partial charge in [-0.05, 0) is 43.2 Å². The van der Waals surface area contributed by atoms with Crippen molar-refractivity contribution in [2.75, 3.05) is 44.7 Å². The molecule has 0 atom stereocenters. The minimum atomic E-state index is -3.63. The fraction of sp³-hybridized carbons (Fsp3) is 0.429. The van der Waals surface area contributed by atoms with Crippen molar-refractivity contribution in [2.24, 2.45) is 5.92 Å². The zero-order valence-corrected chi connectivity index (χ0v) is 17.8. The van der Waals surface area contributed by atoms with Crippen LogP contribution in [0.4, 0.5) is 5.69 Å². The molecule has 0 unspecified atom stereocenters. The summed E-state index contributed by atoms with van der Waals surface area (Å²) in [5.41, 5.74) is 0.438. The van der Waals surface area contributed by atoms with E-state index in [1.54, 1.807) is 29.2 Å². The lowest BCUT2D eigenvalue weighted by Crippen LogP contribution is -2.41. The molecule has 2 saturated heterocycles. The molecule has 0 radical (unpaired) electrons. The molecule has 10 heteroatoms. The van der Waals surface area contributed by atoms with Crippen molar-refractivity contribution in [3.05, 3.63) is 48.4 Å². The van der Waals surface area contributed by atoms with E-state index < -0.39 is 10.0 Å². The van der Waals surface area contributed by atoms with Crippen molar-refractivity contribution in [1.29, 1.82) is 0 Å². The minimum Gasteiger partial charge on any atom is -0.459 e. The number of amides is 2. The second-order valence-corrected chi connectivity index (χ2v) is 9.52. The Morgan fingerprint density at radius 3 is 2.42 bits per heavy atom. The molecule has 31 heavy (non-hydrogen) atoms. The second-order valence-electron chi connectivity index (χ2n) is 7.58. The summed E-state index contributed by atoms with van der Waals surface area (Å²) < 4.78 is 37.4. The third kappa shape index (κ3) is 4.81. The SMILES string of the molecule is O=C(Nc1cccc(S(=O)(=O)N2CCOCC2)c1)C1CCN(C(=O)c2ccco2)CC1. The number of hydrogen-bond acceptors (Lipinski definition) is 6. The number of furan rings is 1. The van der Waals surface area contributed by atoms with Crippen molar-refractivity contribution in [3.8, 4) is 0 Å². The summed E-state index contributed by atoms with van der Waals surface area (Å²) in [4.78, 5) is 26.9. The molecule has 2 amide bonds. The van der Waals surface area contributed by atoms with Crippen LogP contribution in [0.5, 0.6) is 0 Å². The summed E-state index contributed by atoms with van der Waals surface area (Å²) in [6, 6.07) is 9.59. The zero-order chi connectivity index (χ0) is 21.8. The van der Waals surface area contributed by atoms with Gasteiger partial charge in [0.25, 0.3) is 5.91 Å². The zero-order valence-electron chi connectivity index (χ0n) is 17.0. The maximum atomic E-state index is 12.8. The summed E-state index contributed by atoms with van der Waals surface area (Å²) in [5.74, 6) is -0.308. The van der Waals surface area contributed by atoms with Gasteiger partial charge in [-0.3, -0.25) is 9.59 Å². The minimum absolute atomic E-state index is 0.145. The molecule has 2 aliphatic heterocycles. The van der Waals surface area contributed by atoms with Crippen LogP contribution in [0.2, 0.25) is 0 Å². The molecule has 2 aliphatic rings. The average molecular weight is 448 g/mol. The number of likely N-dealkylation sites (tertiary alicyclic amines) is 1. The summed E-state index contributed by atoms with van der Waals surface area (Å²) in [6.07, 6.45) is 2.52. The van der Waals surface area contributed by atoms with Gasteiger partial charge < -0.3 is 19.4 Å². The highest BCUT2D eigenvalue weighted by Crippen LogP contribution is 2.24. The van der Waals surface area contributed by atoms with E-state index in [0.29, 0.717) is 63.7 Å². The summed E-state index contributed by atoms with van der Waals surface area (Å²) in [6.45, 7) is 2.29. The molecule has 9 nitrogen and oxygen atoms in total. The number of nitrogens with one attached hydrogen (secondary N) is 1. The Kier molecular flexibility index (Phi) is 6.40. The maximum absolute atomic E-state index is 12.8. The topological polar surface area (TPSA) is 109 Å². The Bertz CT molecular complexity index is 1020. The van der Waals surface area contributed by atoms with Crippen LogP contribution in [0.25, 0.3) is 0 Å². The average Bonchev–Trinajstić information content (AvgIpc) is 3.34. The molecular weight excluding hydrogens is 422 g/mol. The number of piperidine rings is 1. The molecule has 3 heterocycles. The fourth-order valence-corrected chi connectivity index (χ4v) is 5.27. The van der Waals surface area contributed by atoms with Gasteiger partial charge in [0.1, 0.15) is 0 Å². The molecule has 0 aliphatic carbocycles. The number of benzene rings is 1. The summed E-state index contributed by atoms with van der Waals surface area (Å²) >= 11 is 0. The number of carbonyl (C=O) groups is 2. The predicted octanol–water partition coefficient (Wildman–Crippen LogP) is 1.79. The van der Waals surface area contributed by atoms with Gasteiger partial charge in [0.05, 0.1) is 24.4 Å². The third-order valence-electron chi connectivity index (χ3n) is 5.59. The van der Waals surface area contributed by atoms with Crippen molar-refractivity contribution < 1.29 is 27.2 Å². The molecule has 1 aromatic carbocycles. The smallest absolute Gasteiger partial charge is 0.289 e. The Morgan fingerprint density at radius 2 is 1.74 bits per heavy atom. The lowest BCUT2D eigenvalue weighted by atomic mass is 9.95. The van der Waals surface area contributed by atoms with Crippen LogP contribution < -0.4 is 5.32 Å². The molecule has 2 fully saturated rings.